The average molecular weight is 264 g/mol. The van der Waals surface area contributed by atoms with Crippen molar-refractivity contribution in [1.29, 1.82) is 0 Å². The number of amides is 1. The maximum absolute atomic E-state index is 11.6. The van der Waals surface area contributed by atoms with Crippen molar-refractivity contribution in [2.75, 3.05) is 20.7 Å². The second-order valence-corrected chi connectivity index (χ2v) is 4.86. The number of hydrogen-bond acceptors (Lipinski definition) is 3. The van der Waals surface area contributed by atoms with Gasteiger partial charge in [0, 0.05) is 25.1 Å². The fourth-order valence-corrected chi connectivity index (χ4v) is 1.82. The van der Waals surface area contributed by atoms with E-state index < -0.39 is 0 Å². The molecule has 4 nitrogen and oxygen atoms in total. The number of methoxy groups -OCH3 is 1. The second-order valence-electron chi connectivity index (χ2n) is 4.86. The third-order valence-electron chi connectivity index (χ3n) is 3.05. The SMILES string of the molecule is CNCCC(=O)NCc1cc(C(C)C)ccc1OC. The van der Waals surface area contributed by atoms with Crippen molar-refractivity contribution in [3.8, 4) is 5.75 Å². The maximum Gasteiger partial charge on any atom is 0.221 e. The molecule has 4 heteroatoms. The van der Waals surface area contributed by atoms with Crippen molar-refractivity contribution in [3.05, 3.63) is 29.3 Å². The zero-order valence-corrected chi connectivity index (χ0v) is 12.2. The van der Waals surface area contributed by atoms with E-state index in [2.05, 4.69) is 36.6 Å². The van der Waals surface area contributed by atoms with Gasteiger partial charge in [-0.25, -0.2) is 0 Å². The average Bonchev–Trinajstić information content (AvgIpc) is 2.42. The molecule has 1 rings (SSSR count). The fraction of sp³-hybridized carbons (Fsp3) is 0.533. The van der Waals surface area contributed by atoms with Gasteiger partial charge < -0.3 is 15.4 Å². The number of carbonyl (C=O) groups excluding carboxylic acids is 1. The topological polar surface area (TPSA) is 50.4 Å². The molecule has 1 amide bonds. The Morgan fingerprint density at radius 2 is 2.11 bits per heavy atom. The molecule has 0 fully saturated rings. The van der Waals surface area contributed by atoms with Crippen LogP contribution < -0.4 is 15.4 Å². The van der Waals surface area contributed by atoms with Crippen LogP contribution >= 0.6 is 0 Å². The molecule has 1 aromatic carbocycles. The first kappa shape index (κ1) is 15.5. The van der Waals surface area contributed by atoms with E-state index in [4.69, 9.17) is 4.74 Å². The van der Waals surface area contributed by atoms with Gasteiger partial charge in [0.25, 0.3) is 0 Å². The lowest BCUT2D eigenvalue weighted by atomic mass is 10.00. The summed E-state index contributed by atoms with van der Waals surface area (Å²) in [7, 11) is 3.49. The van der Waals surface area contributed by atoms with Gasteiger partial charge >= 0.3 is 0 Å². The third kappa shape index (κ3) is 4.91. The minimum Gasteiger partial charge on any atom is -0.496 e. The van der Waals surface area contributed by atoms with Gasteiger partial charge in [-0.2, -0.15) is 0 Å². The molecule has 0 unspecified atom stereocenters. The normalized spacial score (nSPS) is 10.6. The largest absolute Gasteiger partial charge is 0.496 e. The predicted octanol–water partition coefficient (Wildman–Crippen LogP) is 2.04. The lowest BCUT2D eigenvalue weighted by molar-refractivity contribution is -0.121. The predicted molar refractivity (Wildman–Crippen MR) is 77.5 cm³/mol. The summed E-state index contributed by atoms with van der Waals surface area (Å²) in [4.78, 5) is 11.6. The first-order valence-electron chi connectivity index (χ1n) is 6.66. The monoisotopic (exact) mass is 264 g/mol. The van der Waals surface area contributed by atoms with Gasteiger partial charge in [0.15, 0.2) is 0 Å². The molecular formula is C15H24N2O2. The summed E-state index contributed by atoms with van der Waals surface area (Å²) in [6, 6.07) is 6.13. The van der Waals surface area contributed by atoms with Crippen LogP contribution in [-0.2, 0) is 11.3 Å². The smallest absolute Gasteiger partial charge is 0.221 e. The highest BCUT2D eigenvalue weighted by atomic mass is 16.5. The minimum absolute atomic E-state index is 0.0475. The Hall–Kier alpha value is -1.55. The molecule has 1 aromatic rings. The summed E-state index contributed by atoms with van der Waals surface area (Å²) in [6.45, 7) is 5.50. The van der Waals surface area contributed by atoms with Crippen LogP contribution in [0, 0.1) is 0 Å². The zero-order chi connectivity index (χ0) is 14.3. The van der Waals surface area contributed by atoms with E-state index in [0.29, 0.717) is 25.4 Å². The van der Waals surface area contributed by atoms with Gasteiger partial charge in [-0.15, -0.1) is 0 Å². The minimum atomic E-state index is 0.0475. The standard InChI is InChI=1S/C15H24N2O2/c1-11(2)12-5-6-14(19-4)13(9-12)10-17-15(18)7-8-16-3/h5-6,9,11,16H,7-8,10H2,1-4H3,(H,17,18). The van der Waals surface area contributed by atoms with Crippen LogP contribution in [0.25, 0.3) is 0 Å². The van der Waals surface area contributed by atoms with Crippen molar-refractivity contribution in [2.24, 2.45) is 0 Å². The van der Waals surface area contributed by atoms with E-state index in [-0.39, 0.29) is 5.91 Å². The Balaban J connectivity index is 2.69. The number of rotatable bonds is 7. The van der Waals surface area contributed by atoms with E-state index in [1.807, 2.05) is 13.1 Å². The van der Waals surface area contributed by atoms with Crippen LogP contribution in [0.3, 0.4) is 0 Å². The highest BCUT2D eigenvalue weighted by Crippen LogP contribution is 2.24. The third-order valence-corrected chi connectivity index (χ3v) is 3.05. The highest BCUT2D eigenvalue weighted by molar-refractivity contribution is 5.76. The molecule has 2 N–H and O–H groups in total. The molecule has 0 heterocycles. The number of ether oxygens (including phenoxy) is 1. The lowest BCUT2D eigenvalue weighted by Gasteiger charge is -2.13. The van der Waals surface area contributed by atoms with E-state index in [1.165, 1.54) is 5.56 Å². The van der Waals surface area contributed by atoms with Crippen molar-refractivity contribution in [2.45, 2.75) is 32.7 Å². The Morgan fingerprint density at radius 3 is 2.68 bits per heavy atom. The van der Waals surface area contributed by atoms with Gasteiger partial charge in [-0.05, 0) is 24.6 Å². The molecule has 0 saturated carbocycles. The molecule has 19 heavy (non-hydrogen) atoms. The molecule has 0 aliphatic carbocycles. The molecular weight excluding hydrogens is 240 g/mol. The van der Waals surface area contributed by atoms with Crippen molar-refractivity contribution in [1.82, 2.24) is 10.6 Å². The van der Waals surface area contributed by atoms with Crippen molar-refractivity contribution >= 4 is 5.91 Å². The summed E-state index contributed by atoms with van der Waals surface area (Å²) in [5, 5.41) is 5.87. The molecule has 0 atom stereocenters. The van der Waals surface area contributed by atoms with Crippen molar-refractivity contribution < 1.29 is 9.53 Å². The number of nitrogens with one attached hydrogen (secondary N) is 2. The highest BCUT2D eigenvalue weighted by Gasteiger charge is 2.08. The quantitative estimate of drug-likeness (QED) is 0.792. The molecule has 0 aliphatic rings. The van der Waals surface area contributed by atoms with Crippen LogP contribution in [0.5, 0.6) is 5.75 Å². The summed E-state index contributed by atoms with van der Waals surface area (Å²) in [5.74, 6) is 1.33. The Bertz CT molecular complexity index is 417. The first-order chi connectivity index (χ1) is 9.08. The molecule has 0 spiro atoms. The van der Waals surface area contributed by atoms with E-state index in [1.54, 1.807) is 7.11 Å². The van der Waals surface area contributed by atoms with Gasteiger partial charge in [0.05, 0.1) is 7.11 Å². The Labute approximate surface area is 115 Å². The Morgan fingerprint density at radius 1 is 1.37 bits per heavy atom. The van der Waals surface area contributed by atoms with Crippen LogP contribution in [0.1, 0.15) is 37.3 Å². The molecule has 0 aliphatic heterocycles. The first-order valence-corrected chi connectivity index (χ1v) is 6.66. The molecule has 0 radical (unpaired) electrons. The summed E-state index contributed by atoms with van der Waals surface area (Å²) in [6.07, 6.45) is 0.489. The fourth-order valence-electron chi connectivity index (χ4n) is 1.82. The van der Waals surface area contributed by atoms with Crippen LogP contribution in [0.15, 0.2) is 18.2 Å². The van der Waals surface area contributed by atoms with Crippen LogP contribution in [0.4, 0.5) is 0 Å². The Kier molecular flexibility index (Phi) is 6.36. The van der Waals surface area contributed by atoms with Gasteiger partial charge in [-0.1, -0.05) is 26.0 Å². The maximum atomic E-state index is 11.6. The van der Waals surface area contributed by atoms with E-state index in [0.717, 1.165) is 11.3 Å². The van der Waals surface area contributed by atoms with E-state index >= 15 is 0 Å². The summed E-state index contributed by atoms with van der Waals surface area (Å²) in [5.41, 5.74) is 2.27. The summed E-state index contributed by atoms with van der Waals surface area (Å²) >= 11 is 0. The lowest BCUT2D eigenvalue weighted by Crippen LogP contribution is -2.26. The number of carbonyl (C=O) groups is 1. The molecule has 0 saturated heterocycles. The second kappa shape index (κ2) is 7.79. The molecule has 0 bridgehead atoms. The number of benzene rings is 1. The van der Waals surface area contributed by atoms with Crippen LogP contribution in [0.2, 0.25) is 0 Å². The van der Waals surface area contributed by atoms with Gasteiger partial charge in [-0.3, -0.25) is 4.79 Å². The van der Waals surface area contributed by atoms with Gasteiger partial charge in [0.1, 0.15) is 5.75 Å². The zero-order valence-electron chi connectivity index (χ0n) is 12.2. The van der Waals surface area contributed by atoms with Gasteiger partial charge in [0.2, 0.25) is 5.91 Å². The summed E-state index contributed by atoms with van der Waals surface area (Å²) < 4.78 is 5.33. The van der Waals surface area contributed by atoms with Crippen molar-refractivity contribution in [3.63, 3.8) is 0 Å². The van der Waals surface area contributed by atoms with E-state index in [9.17, 15) is 4.79 Å². The molecule has 0 aromatic heterocycles. The van der Waals surface area contributed by atoms with Crippen LogP contribution in [-0.4, -0.2) is 26.6 Å². The molecule has 106 valence electrons. The number of hydrogen-bond donors (Lipinski definition) is 2.